The number of ether oxygens (including phenoxy) is 1. The average molecular weight is 380 g/mol. The summed E-state index contributed by atoms with van der Waals surface area (Å²) in [7, 11) is 1.30. The van der Waals surface area contributed by atoms with Gasteiger partial charge in [0.2, 0.25) is 0 Å². The molecule has 0 aliphatic carbocycles. The minimum atomic E-state index is -0.459. The highest BCUT2D eigenvalue weighted by Crippen LogP contribution is 2.14. The number of hydrogen-bond donors (Lipinski definition) is 2. The Bertz CT molecular complexity index is 993. The first-order chi connectivity index (χ1) is 13.6. The van der Waals surface area contributed by atoms with Crippen LogP contribution in [0.25, 0.3) is 0 Å². The average Bonchev–Trinajstić information content (AvgIpc) is 2.73. The third-order valence-corrected chi connectivity index (χ3v) is 3.88. The number of nitrogens with one attached hydrogen (secondary N) is 2. The molecule has 8 heteroatoms. The van der Waals surface area contributed by atoms with Crippen molar-refractivity contribution in [2.75, 3.05) is 17.7 Å². The van der Waals surface area contributed by atoms with Gasteiger partial charge in [0.15, 0.2) is 0 Å². The fourth-order valence-electron chi connectivity index (χ4n) is 2.41. The molecule has 0 atom stereocenters. The maximum atomic E-state index is 13.7. The number of carbonyl (C=O) groups excluding carboxylic acids is 2. The fraction of sp³-hybridized carbons (Fsp3) is 0.100. The number of esters is 1. The van der Waals surface area contributed by atoms with Crippen molar-refractivity contribution in [2.45, 2.75) is 6.54 Å². The largest absolute Gasteiger partial charge is 0.465 e. The Hall–Kier alpha value is -3.81. The second-order valence-electron chi connectivity index (χ2n) is 5.76. The number of amides is 1. The minimum Gasteiger partial charge on any atom is -0.465 e. The Morgan fingerprint density at radius 2 is 1.82 bits per heavy atom. The number of carbonyl (C=O) groups is 2. The van der Waals surface area contributed by atoms with Gasteiger partial charge in [-0.1, -0.05) is 18.2 Å². The molecular formula is C20H17FN4O3. The lowest BCUT2D eigenvalue weighted by molar-refractivity contribution is 0.0600. The number of nitrogens with zero attached hydrogens (tertiary/aromatic N) is 2. The van der Waals surface area contributed by atoms with Crippen molar-refractivity contribution >= 4 is 23.4 Å². The summed E-state index contributed by atoms with van der Waals surface area (Å²) >= 11 is 0. The van der Waals surface area contributed by atoms with Gasteiger partial charge in [0.1, 0.15) is 23.7 Å². The lowest BCUT2D eigenvalue weighted by Gasteiger charge is -2.09. The number of aromatic nitrogens is 2. The Kier molecular flexibility index (Phi) is 5.91. The number of benzene rings is 2. The van der Waals surface area contributed by atoms with E-state index >= 15 is 0 Å². The van der Waals surface area contributed by atoms with Crippen LogP contribution in [0.15, 0.2) is 60.9 Å². The molecule has 7 nitrogen and oxygen atoms in total. The van der Waals surface area contributed by atoms with Crippen molar-refractivity contribution in [2.24, 2.45) is 0 Å². The van der Waals surface area contributed by atoms with Crippen LogP contribution in [0.3, 0.4) is 0 Å². The molecule has 0 saturated carbocycles. The van der Waals surface area contributed by atoms with E-state index in [0.29, 0.717) is 22.6 Å². The number of methoxy groups -OCH3 is 1. The van der Waals surface area contributed by atoms with E-state index in [0.717, 1.165) is 0 Å². The van der Waals surface area contributed by atoms with Gasteiger partial charge in [-0.15, -0.1) is 0 Å². The smallest absolute Gasteiger partial charge is 0.337 e. The predicted molar refractivity (Wildman–Crippen MR) is 101 cm³/mol. The molecule has 1 amide bonds. The molecule has 0 aliphatic heterocycles. The summed E-state index contributed by atoms with van der Waals surface area (Å²) in [5, 5.41) is 5.65. The molecule has 28 heavy (non-hydrogen) atoms. The number of rotatable bonds is 6. The summed E-state index contributed by atoms with van der Waals surface area (Å²) in [4.78, 5) is 31.8. The molecule has 0 fully saturated rings. The van der Waals surface area contributed by atoms with E-state index in [1.165, 1.54) is 25.6 Å². The Labute approximate surface area is 160 Å². The Morgan fingerprint density at radius 1 is 1.07 bits per heavy atom. The molecule has 0 unspecified atom stereocenters. The second-order valence-corrected chi connectivity index (χ2v) is 5.76. The first kappa shape index (κ1) is 19.0. The van der Waals surface area contributed by atoms with Gasteiger partial charge in [-0.2, -0.15) is 0 Å². The molecule has 0 aliphatic rings. The summed E-state index contributed by atoms with van der Waals surface area (Å²) in [6.45, 7) is 0.222. The van der Waals surface area contributed by atoms with E-state index in [1.807, 2.05) is 0 Å². The van der Waals surface area contributed by atoms with Gasteiger partial charge in [-0.25, -0.2) is 19.2 Å². The number of hydrogen-bond acceptors (Lipinski definition) is 6. The van der Waals surface area contributed by atoms with Crippen molar-refractivity contribution in [3.63, 3.8) is 0 Å². The van der Waals surface area contributed by atoms with Gasteiger partial charge in [0.05, 0.1) is 12.7 Å². The molecule has 1 aromatic heterocycles. The maximum Gasteiger partial charge on any atom is 0.337 e. The SMILES string of the molecule is COC(=O)c1ccc(NC(=O)c2cc(NCc3ccccc3F)ncn2)cc1. The van der Waals surface area contributed by atoms with Crippen molar-refractivity contribution in [3.05, 3.63) is 83.6 Å². The van der Waals surface area contributed by atoms with Crippen LogP contribution < -0.4 is 10.6 Å². The van der Waals surface area contributed by atoms with Crippen LogP contribution in [-0.2, 0) is 11.3 Å². The zero-order chi connectivity index (χ0) is 19.9. The summed E-state index contributed by atoms with van der Waals surface area (Å²) in [5.74, 6) is -0.830. The van der Waals surface area contributed by atoms with Crippen LogP contribution in [-0.4, -0.2) is 29.0 Å². The lowest BCUT2D eigenvalue weighted by Crippen LogP contribution is -2.15. The molecule has 2 aromatic carbocycles. The zero-order valence-corrected chi connectivity index (χ0v) is 15.0. The van der Waals surface area contributed by atoms with E-state index in [2.05, 4.69) is 25.3 Å². The van der Waals surface area contributed by atoms with Gasteiger partial charge in [-0.3, -0.25) is 4.79 Å². The Morgan fingerprint density at radius 3 is 2.54 bits per heavy atom. The predicted octanol–water partition coefficient (Wildman–Crippen LogP) is 3.27. The number of halogens is 1. The minimum absolute atomic E-state index is 0.142. The molecule has 0 saturated heterocycles. The van der Waals surface area contributed by atoms with Crippen LogP contribution in [0, 0.1) is 5.82 Å². The van der Waals surface area contributed by atoms with E-state index in [-0.39, 0.29) is 18.1 Å². The second kappa shape index (κ2) is 8.72. The van der Waals surface area contributed by atoms with Crippen LogP contribution in [0.1, 0.15) is 26.4 Å². The van der Waals surface area contributed by atoms with Crippen LogP contribution in [0.5, 0.6) is 0 Å². The quantitative estimate of drug-likeness (QED) is 0.638. The molecular weight excluding hydrogens is 363 g/mol. The third kappa shape index (κ3) is 4.67. The summed E-state index contributed by atoms with van der Waals surface area (Å²) in [6, 6.07) is 14.1. The summed E-state index contributed by atoms with van der Waals surface area (Å²) in [5.41, 5.74) is 1.50. The van der Waals surface area contributed by atoms with Crippen LogP contribution in [0.4, 0.5) is 15.9 Å². The lowest BCUT2D eigenvalue weighted by atomic mass is 10.2. The Balaban J connectivity index is 1.65. The molecule has 0 spiro atoms. The van der Waals surface area contributed by atoms with E-state index in [4.69, 9.17) is 0 Å². The zero-order valence-electron chi connectivity index (χ0n) is 15.0. The third-order valence-electron chi connectivity index (χ3n) is 3.88. The van der Waals surface area contributed by atoms with Crippen molar-refractivity contribution in [1.82, 2.24) is 9.97 Å². The fourth-order valence-corrected chi connectivity index (χ4v) is 2.41. The first-order valence-corrected chi connectivity index (χ1v) is 8.36. The van der Waals surface area contributed by atoms with Crippen molar-refractivity contribution < 1.29 is 18.7 Å². The first-order valence-electron chi connectivity index (χ1n) is 8.36. The van der Waals surface area contributed by atoms with E-state index in [1.54, 1.807) is 42.5 Å². The normalized spacial score (nSPS) is 10.2. The van der Waals surface area contributed by atoms with Crippen LogP contribution in [0.2, 0.25) is 0 Å². The molecule has 2 N–H and O–H groups in total. The standard InChI is InChI=1S/C20H17FN4O3/c1-28-20(27)13-6-8-15(9-7-13)25-19(26)17-10-18(24-12-23-17)22-11-14-4-2-3-5-16(14)21/h2-10,12H,11H2,1H3,(H,25,26)(H,22,23,24). The maximum absolute atomic E-state index is 13.7. The molecule has 3 rings (SSSR count). The number of anilines is 2. The highest BCUT2D eigenvalue weighted by Gasteiger charge is 2.11. The van der Waals surface area contributed by atoms with E-state index in [9.17, 15) is 14.0 Å². The van der Waals surface area contributed by atoms with Crippen molar-refractivity contribution in [1.29, 1.82) is 0 Å². The molecule has 142 valence electrons. The van der Waals surface area contributed by atoms with E-state index < -0.39 is 11.9 Å². The van der Waals surface area contributed by atoms with Crippen molar-refractivity contribution in [3.8, 4) is 0 Å². The molecule has 1 heterocycles. The van der Waals surface area contributed by atoms with Gasteiger partial charge >= 0.3 is 5.97 Å². The van der Waals surface area contributed by atoms with Gasteiger partial charge in [-0.05, 0) is 30.3 Å². The summed E-state index contributed by atoms with van der Waals surface area (Å²) in [6.07, 6.45) is 1.25. The van der Waals surface area contributed by atoms with Gasteiger partial charge < -0.3 is 15.4 Å². The molecule has 3 aromatic rings. The highest BCUT2D eigenvalue weighted by molar-refractivity contribution is 6.03. The van der Waals surface area contributed by atoms with Crippen LogP contribution >= 0.6 is 0 Å². The monoisotopic (exact) mass is 380 g/mol. The topological polar surface area (TPSA) is 93.2 Å². The molecule has 0 bridgehead atoms. The van der Waals surface area contributed by atoms with Gasteiger partial charge in [0.25, 0.3) is 5.91 Å². The van der Waals surface area contributed by atoms with Gasteiger partial charge in [0, 0.05) is 23.9 Å². The summed E-state index contributed by atoms with van der Waals surface area (Å²) < 4.78 is 18.3. The highest BCUT2D eigenvalue weighted by atomic mass is 19.1. The molecule has 0 radical (unpaired) electrons.